The third-order valence-corrected chi connectivity index (χ3v) is 2.64. The third-order valence-electron chi connectivity index (χ3n) is 2.36. The van der Waals surface area contributed by atoms with E-state index in [1.807, 2.05) is 13.8 Å². The molecule has 0 aromatic carbocycles. The van der Waals surface area contributed by atoms with Crippen molar-refractivity contribution >= 4 is 23.1 Å². The summed E-state index contributed by atoms with van der Waals surface area (Å²) in [5, 5.41) is 2.81. The predicted molar refractivity (Wildman–Crippen MR) is 65.7 cm³/mol. The smallest absolute Gasteiger partial charge is 0.230 e. The van der Waals surface area contributed by atoms with Gasteiger partial charge in [-0.3, -0.25) is 4.79 Å². The Balaban J connectivity index is 2.60. The van der Waals surface area contributed by atoms with Crippen molar-refractivity contribution in [1.82, 2.24) is 15.3 Å². The Morgan fingerprint density at radius 3 is 2.88 bits per heavy atom. The molecule has 0 saturated carbocycles. The van der Waals surface area contributed by atoms with Gasteiger partial charge in [-0.2, -0.15) is 0 Å². The molecule has 2 unspecified atom stereocenters. The number of hydrogen-bond acceptors (Lipinski definition) is 3. The number of imidazole rings is 1. The van der Waals surface area contributed by atoms with Crippen LogP contribution in [0.25, 0.3) is 0 Å². The van der Waals surface area contributed by atoms with Gasteiger partial charge in [0.25, 0.3) is 0 Å². The lowest BCUT2D eigenvalue weighted by Crippen LogP contribution is -2.38. The fourth-order valence-electron chi connectivity index (χ4n) is 1.41. The zero-order valence-corrected chi connectivity index (χ0v) is 10.2. The molecule has 4 N–H and O–H groups in total. The van der Waals surface area contributed by atoms with E-state index in [0.29, 0.717) is 12.2 Å². The van der Waals surface area contributed by atoms with Crippen LogP contribution in [0.1, 0.15) is 32.1 Å². The lowest BCUT2D eigenvalue weighted by atomic mass is 10.1. The third kappa shape index (κ3) is 3.03. The SMILES string of the molecule is CCC(C(=O)NC(C)c1ncc[nH]1)C(N)=S. The van der Waals surface area contributed by atoms with Crippen LogP contribution in [-0.4, -0.2) is 20.9 Å². The molecule has 0 radical (unpaired) electrons. The van der Waals surface area contributed by atoms with Crippen LogP contribution in [0.5, 0.6) is 0 Å². The average Bonchev–Trinajstić information content (AvgIpc) is 2.70. The summed E-state index contributed by atoms with van der Waals surface area (Å²) < 4.78 is 0. The molecule has 0 aliphatic heterocycles. The summed E-state index contributed by atoms with van der Waals surface area (Å²) in [6, 6.07) is -0.175. The maximum absolute atomic E-state index is 11.8. The van der Waals surface area contributed by atoms with Gasteiger partial charge in [-0.25, -0.2) is 4.98 Å². The van der Waals surface area contributed by atoms with Crippen molar-refractivity contribution in [2.75, 3.05) is 0 Å². The van der Waals surface area contributed by atoms with Crippen LogP contribution in [0.2, 0.25) is 0 Å². The van der Waals surface area contributed by atoms with Crippen LogP contribution in [0.3, 0.4) is 0 Å². The van der Waals surface area contributed by atoms with Gasteiger partial charge in [0.05, 0.1) is 16.9 Å². The highest BCUT2D eigenvalue weighted by molar-refractivity contribution is 7.80. The largest absolute Gasteiger partial charge is 0.393 e. The Morgan fingerprint density at radius 2 is 2.44 bits per heavy atom. The molecule has 0 aliphatic carbocycles. The quantitative estimate of drug-likeness (QED) is 0.668. The number of nitrogens with zero attached hydrogens (tertiary/aromatic N) is 1. The van der Waals surface area contributed by atoms with Crippen molar-refractivity contribution in [3.05, 3.63) is 18.2 Å². The maximum Gasteiger partial charge on any atom is 0.230 e. The Morgan fingerprint density at radius 1 is 1.75 bits per heavy atom. The van der Waals surface area contributed by atoms with Gasteiger partial charge in [0, 0.05) is 12.4 Å². The van der Waals surface area contributed by atoms with Crippen molar-refractivity contribution in [3.8, 4) is 0 Å². The summed E-state index contributed by atoms with van der Waals surface area (Å²) in [4.78, 5) is 19.0. The first-order valence-electron chi connectivity index (χ1n) is 5.15. The second kappa shape index (κ2) is 5.60. The highest BCUT2D eigenvalue weighted by Gasteiger charge is 2.21. The van der Waals surface area contributed by atoms with E-state index in [4.69, 9.17) is 18.0 Å². The van der Waals surface area contributed by atoms with Crippen molar-refractivity contribution < 1.29 is 4.79 Å². The molecule has 1 rings (SSSR count). The van der Waals surface area contributed by atoms with E-state index in [1.165, 1.54) is 0 Å². The molecule has 6 heteroatoms. The molecule has 16 heavy (non-hydrogen) atoms. The van der Waals surface area contributed by atoms with Crippen molar-refractivity contribution in [2.45, 2.75) is 26.3 Å². The molecule has 1 heterocycles. The number of nitrogens with one attached hydrogen (secondary N) is 2. The Hall–Kier alpha value is -1.43. The van der Waals surface area contributed by atoms with Crippen LogP contribution in [-0.2, 0) is 4.79 Å². The second-order valence-electron chi connectivity index (χ2n) is 3.57. The van der Waals surface area contributed by atoms with Crippen LogP contribution in [0.4, 0.5) is 0 Å². The van der Waals surface area contributed by atoms with Crippen molar-refractivity contribution in [2.24, 2.45) is 11.7 Å². The number of H-pyrrole nitrogens is 1. The first kappa shape index (κ1) is 12.6. The van der Waals surface area contributed by atoms with Crippen LogP contribution < -0.4 is 11.1 Å². The number of hydrogen-bond donors (Lipinski definition) is 3. The van der Waals surface area contributed by atoms with E-state index < -0.39 is 5.92 Å². The molecule has 0 aliphatic rings. The molecule has 2 atom stereocenters. The van der Waals surface area contributed by atoms with Crippen LogP contribution in [0.15, 0.2) is 12.4 Å². The lowest BCUT2D eigenvalue weighted by molar-refractivity contribution is -0.123. The van der Waals surface area contributed by atoms with Gasteiger partial charge in [-0.1, -0.05) is 19.1 Å². The minimum Gasteiger partial charge on any atom is -0.393 e. The number of thiocarbonyl (C=S) groups is 1. The predicted octanol–water partition coefficient (Wildman–Crippen LogP) is 0.899. The van der Waals surface area contributed by atoms with Gasteiger partial charge in [0.2, 0.25) is 5.91 Å². The molecule has 0 spiro atoms. The van der Waals surface area contributed by atoms with E-state index in [9.17, 15) is 4.79 Å². The monoisotopic (exact) mass is 240 g/mol. The number of amides is 1. The Bertz CT molecular complexity index is 363. The van der Waals surface area contributed by atoms with Crippen molar-refractivity contribution in [1.29, 1.82) is 0 Å². The van der Waals surface area contributed by atoms with Gasteiger partial charge in [0.15, 0.2) is 0 Å². The molecule has 1 aromatic rings. The number of rotatable bonds is 5. The van der Waals surface area contributed by atoms with E-state index in [0.717, 1.165) is 0 Å². The van der Waals surface area contributed by atoms with E-state index in [1.54, 1.807) is 12.4 Å². The summed E-state index contributed by atoms with van der Waals surface area (Å²) >= 11 is 4.84. The summed E-state index contributed by atoms with van der Waals surface area (Å²) in [6.07, 6.45) is 3.96. The zero-order valence-electron chi connectivity index (χ0n) is 9.36. The van der Waals surface area contributed by atoms with Gasteiger partial charge in [0.1, 0.15) is 5.82 Å². The second-order valence-corrected chi connectivity index (χ2v) is 4.04. The number of aromatic nitrogens is 2. The van der Waals surface area contributed by atoms with E-state index in [-0.39, 0.29) is 16.9 Å². The van der Waals surface area contributed by atoms with Crippen LogP contribution in [0, 0.1) is 5.92 Å². The summed E-state index contributed by atoms with van der Waals surface area (Å²) in [6.45, 7) is 3.73. The Kier molecular flexibility index (Phi) is 4.42. The minimum absolute atomic E-state index is 0.154. The molecule has 88 valence electrons. The van der Waals surface area contributed by atoms with Crippen molar-refractivity contribution in [3.63, 3.8) is 0 Å². The normalized spacial score (nSPS) is 14.1. The average molecular weight is 240 g/mol. The fraction of sp³-hybridized carbons (Fsp3) is 0.500. The summed E-state index contributed by atoms with van der Waals surface area (Å²) in [5.74, 6) is 0.150. The molecule has 1 amide bonds. The number of nitrogens with two attached hydrogens (primary N) is 1. The van der Waals surface area contributed by atoms with E-state index in [2.05, 4.69) is 15.3 Å². The number of carbonyl (C=O) groups excluding carboxylic acids is 1. The maximum atomic E-state index is 11.8. The standard InChI is InChI=1S/C10H16N4OS/c1-3-7(8(11)16)10(15)14-6(2)9-12-4-5-13-9/h4-7H,3H2,1-2H3,(H2,11,16)(H,12,13)(H,14,15). The molecule has 0 saturated heterocycles. The highest BCUT2D eigenvalue weighted by Crippen LogP contribution is 2.09. The molecule has 0 fully saturated rings. The van der Waals surface area contributed by atoms with E-state index >= 15 is 0 Å². The molecular formula is C10H16N4OS. The van der Waals surface area contributed by atoms with Crippen LogP contribution >= 0.6 is 12.2 Å². The summed E-state index contributed by atoms with van der Waals surface area (Å²) in [5.41, 5.74) is 5.49. The Labute approximate surface area is 99.8 Å². The molecular weight excluding hydrogens is 224 g/mol. The fourth-order valence-corrected chi connectivity index (χ4v) is 1.69. The number of carbonyl (C=O) groups is 1. The molecule has 0 bridgehead atoms. The highest BCUT2D eigenvalue weighted by atomic mass is 32.1. The first-order valence-corrected chi connectivity index (χ1v) is 5.56. The lowest BCUT2D eigenvalue weighted by Gasteiger charge is -2.17. The zero-order chi connectivity index (χ0) is 12.1. The minimum atomic E-state index is -0.410. The van der Waals surface area contributed by atoms with Gasteiger partial charge >= 0.3 is 0 Å². The van der Waals surface area contributed by atoms with Gasteiger partial charge < -0.3 is 16.0 Å². The summed E-state index contributed by atoms with van der Waals surface area (Å²) in [7, 11) is 0. The number of aromatic amines is 1. The molecule has 1 aromatic heterocycles. The topological polar surface area (TPSA) is 83.8 Å². The van der Waals surface area contributed by atoms with Gasteiger partial charge in [-0.15, -0.1) is 0 Å². The first-order chi connectivity index (χ1) is 7.56. The van der Waals surface area contributed by atoms with Gasteiger partial charge in [-0.05, 0) is 13.3 Å². The molecule has 5 nitrogen and oxygen atoms in total.